The minimum Gasteiger partial charge on any atom is -0.495 e. The number of fused-ring (bicyclic) bond motifs is 1. The second-order valence-corrected chi connectivity index (χ2v) is 6.91. The topological polar surface area (TPSA) is 96.0 Å². The number of ether oxygens (including phenoxy) is 2. The summed E-state index contributed by atoms with van der Waals surface area (Å²) in [5.41, 5.74) is 1.30. The number of carbonyl (C=O) groups is 1. The molecular weight excluding hydrogens is 394 g/mol. The summed E-state index contributed by atoms with van der Waals surface area (Å²) in [6, 6.07) is 9.34. The van der Waals surface area contributed by atoms with Gasteiger partial charge in [-0.2, -0.15) is 4.99 Å². The Balaban J connectivity index is 2.04. The molecule has 1 aromatic heterocycles. The summed E-state index contributed by atoms with van der Waals surface area (Å²) in [4.78, 5) is 27.4. The van der Waals surface area contributed by atoms with E-state index in [9.17, 15) is 14.9 Å². The van der Waals surface area contributed by atoms with Gasteiger partial charge in [0, 0.05) is 12.1 Å². The Morgan fingerprint density at radius 1 is 1.21 bits per heavy atom. The first-order valence-corrected chi connectivity index (χ1v) is 9.28. The maximum atomic E-state index is 12.5. The van der Waals surface area contributed by atoms with Crippen molar-refractivity contribution in [1.29, 1.82) is 0 Å². The van der Waals surface area contributed by atoms with Gasteiger partial charge in [0.25, 0.3) is 11.6 Å². The number of nitrogens with zero attached hydrogens (tertiary/aromatic N) is 3. The molecule has 0 saturated carbocycles. The zero-order valence-corrected chi connectivity index (χ0v) is 16.6. The van der Waals surface area contributed by atoms with Crippen LogP contribution >= 0.6 is 11.3 Å². The van der Waals surface area contributed by atoms with Crippen molar-refractivity contribution >= 4 is 33.1 Å². The predicted octanol–water partition coefficient (Wildman–Crippen LogP) is 2.93. The molecule has 0 saturated heterocycles. The number of hydrogen-bond acceptors (Lipinski definition) is 6. The van der Waals surface area contributed by atoms with Gasteiger partial charge in [0.2, 0.25) is 0 Å². The lowest BCUT2D eigenvalue weighted by Crippen LogP contribution is -2.17. The molecule has 0 fully saturated rings. The first-order valence-electron chi connectivity index (χ1n) is 8.47. The summed E-state index contributed by atoms with van der Waals surface area (Å²) >= 11 is 1.28. The summed E-state index contributed by atoms with van der Waals surface area (Å²) in [5.74, 6) is 3.39. The van der Waals surface area contributed by atoms with Crippen molar-refractivity contribution in [2.75, 3.05) is 14.2 Å². The number of thiazole rings is 1. The van der Waals surface area contributed by atoms with E-state index in [-0.39, 0.29) is 18.7 Å². The van der Waals surface area contributed by atoms with Crippen LogP contribution in [0.4, 0.5) is 5.69 Å². The molecular formula is C20H17N3O5S. The highest BCUT2D eigenvalue weighted by Crippen LogP contribution is 2.35. The quantitative estimate of drug-likeness (QED) is 0.353. The fraction of sp³-hybridized carbons (Fsp3) is 0.200. The van der Waals surface area contributed by atoms with E-state index in [1.165, 1.54) is 35.6 Å². The van der Waals surface area contributed by atoms with Crippen LogP contribution in [0.3, 0.4) is 0 Å². The van der Waals surface area contributed by atoms with Crippen LogP contribution in [0.2, 0.25) is 0 Å². The number of hydrogen-bond donors (Lipinski definition) is 0. The molecule has 0 unspecified atom stereocenters. The lowest BCUT2D eigenvalue weighted by atomic mass is 10.1. The molecule has 3 aromatic rings. The van der Waals surface area contributed by atoms with E-state index in [2.05, 4.69) is 10.9 Å². The van der Waals surface area contributed by atoms with Gasteiger partial charge >= 0.3 is 0 Å². The highest BCUT2D eigenvalue weighted by molar-refractivity contribution is 7.16. The first kappa shape index (κ1) is 20.1. The number of rotatable bonds is 6. The Kier molecular flexibility index (Phi) is 5.95. The SMILES string of the molecule is C#CCn1c(=NC(=O)Cc2ccc([N+](=O)[O-])cc2)sc2c(OC)ccc(OC)c21. The maximum Gasteiger partial charge on any atom is 0.269 e. The van der Waals surface area contributed by atoms with E-state index in [1.807, 2.05) is 0 Å². The molecule has 0 aliphatic carbocycles. The van der Waals surface area contributed by atoms with Crippen LogP contribution in [0.1, 0.15) is 5.56 Å². The normalized spacial score (nSPS) is 11.3. The van der Waals surface area contributed by atoms with Gasteiger partial charge in [-0.15, -0.1) is 6.42 Å². The van der Waals surface area contributed by atoms with E-state index in [1.54, 1.807) is 30.9 Å². The largest absolute Gasteiger partial charge is 0.495 e. The van der Waals surface area contributed by atoms with Crippen LogP contribution in [0.5, 0.6) is 11.5 Å². The van der Waals surface area contributed by atoms with Gasteiger partial charge < -0.3 is 14.0 Å². The Morgan fingerprint density at radius 2 is 1.86 bits per heavy atom. The predicted molar refractivity (Wildman–Crippen MR) is 109 cm³/mol. The minimum atomic E-state index is -0.489. The second-order valence-electron chi connectivity index (χ2n) is 5.93. The molecule has 0 spiro atoms. The highest BCUT2D eigenvalue weighted by atomic mass is 32.1. The Morgan fingerprint density at radius 3 is 2.45 bits per heavy atom. The fourth-order valence-corrected chi connectivity index (χ4v) is 3.99. The van der Waals surface area contributed by atoms with E-state index < -0.39 is 10.8 Å². The van der Waals surface area contributed by atoms with Crippen molar-refractivity contribution in [3.63, 3.8) is 0 Å². The third-order valence-electron chi connectivity index (χ3n) is 4.16. The molecule has 2 aromatic carbocycles. The van der Waals surface area contributed by atoms with E-state index in [0.717, 1.165) is 4.70 Å². The molecule has 0 aliphatic heterocycles. The molecule has 1 heterocycles. The van der Waals surface area contributed by atoms with Crippen LogP contribution in [-0.4, -0.2) is 29.6 Å². The number of nitro benzene ring substituents is 1. The van der Waals surface area contributed by atoms with Crippen LogP contribution in [0.25, 0.3) is 10.2 Å². The van der Waals surface area contributed by atoms with E-state index in [0.29, 0.717) is 27.4 Å². The van der Waals surface area contributed by atoms with Crippen LogP contribution in [0, 0.1) is 22.5 Å². The number of benzene rings is 2. The van der Waals surface area contributed by atoms with Crippen LogP contribution < -0.4 is 14.3 Å². The van der Waals surface area contributed by atoms with Gasteiger partial charge in [-0.1, -0.05) is 29.4 Å². The van der Waals surface area contributed by atoms with Gasteiger partial charge in [-0.3, -0.25) is 14.9 Å². The van der Waals surface area contributed by atoms with Gasteiger partial charge in [-0.05, 0) is 17.7 Å². The summed E-state index contributed by atoms with van der Waals surface area (Å²) in [5, 5.41) is 10.7. The molecule has 0 radical (unpaired) electrons. The average molecular weight is 411 g/mol. The van der Waals surface area contributed by atoms with E-state index >= 15 is 0 Å². The van der Waals surface area contributed by atoms with Gasteiger partial charge in [0.1, 0.15) is 21.7 Å². The monoisotopic (exact) mass is 411 g/mol. The molecule has 148 valence electrons. The maximum absolute atomic E-state index is 12.5. The minimum absolute atomic E-state index is 0.0105. The van der Waals surface area contributed by atoms with Crippen molar-refractivity contribution in [2.24, 2.45) is 4.99 Å². The number of aromatic nitrogens is 1. The number of carbonyl (C=O) groups excluding carboxylic acids is 1. The van der Waals surface area contributed by atoms with Gasteiger partial charge in [0.05, 0.1) is 32.1 Å². The Labute approximate surface area is 170 Å². The number of amides is 1. The average Bonchev–Trinajstić information content (AvgIpc) is 3.06. The van der Waals surface area contributed by atoms with Crippen molar-refractivity contribution in [2.45, 2.75) is 13.0 Å². The second kappa shape index (κ2) is 8.58. The molecule has 8 nitrogen and oxygen atoms in total. The van der Waals surface area contributed by atoms with Crippen molar-refractivity contribution in [3.05, 3.63) is 56.9 Å². The molecule has 0 N–H and O–H groups in total. The molecule has 0 bridgehead atoms. The summed E-state index contributed by atoms with van der Waals surface area (Å²) in [6.45, 7) is 0.202. The zero-order chi connectivity index (χ0) is 21.0. The first-order chi connectivity index (χ1) is 14.0. The molecule has 29 heavy (non-hydrogen) atoms. The van der Waals surface area contributed by atoms with Crippen molar-refractivity contribution in [1.82, 2.24) is 4.57 Å². The number of methoxy groups -OCH3 is 2. The summed E-state index contributed by atoms with van der Waals surface area (Å²) < 4.78 is 13.4. The van der Waals surface area contributed by atoms with Crippen molar-refractivity contribution in [3.8, 4) is 23.8 Å². The summed E-state index contributed by atoms with van der Waals surface area (Å²) in [6.07, 6.45) is 5.53. The van der Waals surface area contributed by atoms with Crippen LogP contribution in [-0.2, 0) is 17.8 Å². The fourth-order valence-electron chi connectivity index (χ4n) is 2.83. The molecule has 0 aliphatic rings. The van der Waals surface area contributed by atoms with Crippen molar-refractivity contribution < 1.29 is 19.2 Å². The van der Waals surface area contributed by atoms with E-state index in [4.69, 9.17) is 15.9 Å². The van der Waals surface area contributed by atoms with Gasteiger partial charge in [0.15, 0.2) is 4.80 Å². The standard InChI is InChI=1S/C20H17N3O5S/c1-4-11-22-18-15(27-2)9-10-16(28-3)19(18)29-20(22)21-17(24)12-13-5-7-14(8-6-13)23(25)26/h1,5-10H,11-12H2,2-3H3. The molecule has 1 amide bonds. The molecule has 3 rings (SSSR count). The highest BCUT2D eigenvalue weighted by Gasteiger charge is 2.16. The summed E-state index contributed by atoms with van der Waals surface area (Å²) in [7, 11) is 3.11. The lowest BCUT2D eigenvalue weighted by Gasteiger charge is -2.08. The Hall–Kier alpha value is -3.64. The number of terminal acetylenes is 1. The lowest BCUT2D eigenvalue weighted by molar-refractivity contribution is -0.384. The molecule has 9 heteroatoms. The third-order valence-corrected chi connectivity index (χ3v) is 5.26. The molecule has 0 atom stereocenters. The van der Waals surface area contributed by atoms with Crippen LogP contribution in [0.15, 0.2) is 41.4 Å². The smallest absolute Gasteiger partial charge is 0.269 e. The third kappa shape index (κ3) is 4.12. The number of nitro groups is 1. The van der Waals surface area contributed by atoms with Gasteiger partial charge in [-0.25, -0.2) is 0 Å². The Bertz CT molecular complexity index is 1190. The zero-order valence-electron chi connectivity index (χ0n) is 15.7. The number of non-ortho nitro benzene ring substituents is 1.